The maximum Gasteiger partial charge on any atom is 0.325 e. The number of rotatable bonds is 4. The molecule has 0 unspecified atom stereocenters. The molecule has 92 valence electrons. The fourth-order valence-electron chi connectivity index (χ4n) is 1.17. The summed E-state index contributed by atoms with van der Waals surface area (Å²) in [7, 11) is 3.19. The Morgan fingerprint density at radius 2 is 1.88 bits per heavy atom. The lowest BCUT2D eigenvalue weighted by Gasteiger charge is -2.07. The highest BCUT2D eigenvalue weighted by atomic mass is 16.5. The minimum atomic E-state index is -0.560. The van der Waals surface area contributed by atoms with Crippen LogP contribution in [-0.4, -0.2) is 32.6 Å². The summed E-state index contributed by atoms with van der Waals surface area (Å²) in [5.74, 6) is 0.306. The first kappa shape index (κ1) is 13.0. The molecule has 0 spiro atoms. The van der Waals surface area contributed by atoms with Crippen LogP contribution in [0.5, 0.6) is 5.75 Å². The van der Waals surface area contributed by atoms with E-state index in [1.54, 1.807) is 38.4 Å². The molecule has 0 saturated carbocycles. The van der Waals surface area contributed by atoms with E-state index >= 15 is 0 Å². The SMILES string of the molecule is CNCC(=O)NC(=O)Nc1ccc(OC)cc1. The van der Waals surface area contributed by atoms with Crippen molar-refractivity contribution in [1.82, 2.24) is 10.6 Å². The zero-order chi connectivity index (χ0) is 12.7. The van der Waals surface area contributed by atoms with Gasteiger partial charge in [0.2, 0.25) is 5.91 Å². The molecule has 6 heteroatoms. The normalized spacial score (nSPS) is 9.53. The fourth-order valence-corrected chi connectivity index (χ4v) is 1.17. The van der Waals surface area contributed by atoms with E-state index in [-0.39, 0.29) is 6.54 Å². The molecule has 0 atom stereocenters. The summed E-state index contributed by atoms with van der Waals surface area (Å²) in [6.07, 6.45) is 0. The number of anilines is 1. The summed E-state index contributed by atoms with van der Waals surface area (Å²) in [5.41, 5.74) is 0.584. The van der Waals surface area contributed by atoms with Crippen LogP contribution in [0.4, 0.5) is 10.5 Å². The van der Waals surface area contributed by atoms with E-state index in [9.17, 15) is 9.59 Å². The molecule has 0 bridgehead atoms. The van der Waals surface area contributed by atoms with Crippen molar-refractivity contribution in [3.8, 4) is 5.75 Å². The van der Waals surface area contributed by atoms with E-state index in [4.69, 9.17) is 4.74 Å². The van der Waals surface area contributed by atoms with Crippen LogP contribution in [0.1, 0.15) is 0 Å². The maximum absolute atomic E-state index is 11.4. The third-order valence-corrected chi connectivity index (χ3v) is 1.94. The first-order valence-electron chi connectivity index (χ1n) is 5.05. The van der Waals surface area contributed by atoms with E-state index in [2.05, 4.69) is 16.0 Å². The third-order valence-electron chi connectivity index (χ3n) is 1.94. The van der Waals surface area contributed by atoms with Crippen LogP contribution in [0.25, 0.3) is 0 Å². The van der Waals surface area contributed by atoms with Gasteiger partial charge >= 0.3 is 6.03 Å². The van der Waals surface area contributed by atoms with Crippen LogP contribution < -0.4 is 20.7 Å². The van der Waals surface area contributed by atoms with Gasteiger partial charge in [-0.2, -0.15) is 0 Å². The van der Waals surface area contributed by atoms with Crippen LogP contribution in [0, 0.1) is 0 Å². The third kappa shape index (κ3) is 4.52. The van der Waals surface area contributed by atoms with Gasteiger partial charge in [0, 0.05) is 5.69 Å². The van der Waals surface area contributed by atoms with Gasteiger partial charge in [-0.15, -0.1) is 0 Å². The average Bonchev–Trinajstić information content (AvgIpc) is 2.30. The summed E-state index contributed by atoms with van der Waals surface area (Å²) >= 11 is 0. The molecular weight excluding hydrogens is 222 g/mol. The number of carbonyl (C=O) groups is 2. The Labute approximate surface area is 99.3 Å². The highest BCUT2D eigenvalue weighted by Gasteiger charge is 2.06. The number of carbonyl (C=O) groups excluding carboxylic acids is 2. The standard InChI is InChI=1S/C11H15N3O3/c1-12-7-10(15)14-11(16)13-8-3-5-9(17-2)6-4-8/h3-6,12H,7H2,1-2H3,(H2,13,14,15,16). The molecule has 0 saturated heterocycles. The highest BCUT2D eigenvalue weighted by Crippen LogP contribution is 2.14. The molecule has 1 rings (SSSR count). The second-order valence-corrected chi connectivity index (χ2v) is 3.26. The molecule has 6 nitrogen and oxygen atoms in total. The number of hydrogen-bond acceptors (Lipinski definition) is 4. The van der Waals surface area contributed by atoms with Crippen molar-refractivity contribution in [2.24, 2.45) is 0 Å². The Balaban J connectivity index is 2.47. The quantitative estimate of drug-likeness (QED) is 0.715. The van der Waals surface area contributed by atoms with Crippen molar-refractivity contribution in [2.45, 2.75) is 0 Å². The highest BCUT2D eigenvalue weighted by molar-refractivity contribution is 6.01. The summed E-state index contributed by atoms with van der Waals surface area (Å²) in [4.78, 5) is 22.4. The lowest BCUT2D eigenvalue weighted by Crippen LogP contribution is -2.39. The summed E-state index contributed by atoms with van der Waals surface area (Å²) in [6.45, 7) is 0.0933. The molecule has 1 aromatic rings. The van der Waals surface area contributed by atoms with Gasteiger partial charge in [0.1, 0.15) is 5.75 Å². The second-order valence-electron chi connectivity index (χ2n) is 3.26. The zero-order valence-corrected chi connectivity index (χ0v) is 9.74. The van der Waals surface area contributed by atoms with Gasteiger partial charge < -0.3 is 15.4 Å². The molecule has 0 aromatic heterocycles. The molecule has 0 aliphatic heterocycles. The summed E-state index contributed by atoms with van der Waals surface area (Å²) in [6, 6.07) is 6.23. The second kappa shape index (κ2) is 6.49. The molecule has 0 radical (unpaired) electrons. The molecule has 0 aliphatic rings. The Hall–Kier alpha value is -2.08. The largest absolute Gasteiger partial charge is 0.497 e. The van der Waals surface area contributed by atoms with Crippen LogP contribution in [0.15, 0.2) is 24.3 Å². The van der Waals surface area contributed by atoms with Crippen LogP contribution in [0.2, 0.25) is 0 Å². The predicted octanol–water partition coefficient (Wildman–Crippen LogP) is 0.563. The molecule has 3 N–H and O–H groups in total. The fraction of sp³-hybridized carbons (Fsp3) is 0.273. The Kier molecular flexibility index (Phi) is 4.96. The topological polar surface area (TPSA) is 79.5 Å². The molecule has 3 amide bonds. The van der Waals surface area contributed by atoms with Crippen molar-refractivity contribution in [1.29, 1.82) is 0 Å². The number of amides is 3. The lowest BCUT2D eigenvalue weighted by atomic mass is 10.3. The van der Waals surface area contributed by atoms with E-state index in [0.717, 1.165) is 0 Å². The van der Waals surface area contributed by atoms with Crippen molar-refractivity contribution >= 4 is 17.6 Å². The van der Waals surface area contributed by atoms with E-state index in [0.29, 0.717) is 11.4 Å². The lowest BCUT2D eigenvalue weighted by molar-refractivity contribution is -0.119. The van der Waals surface area contributed by atoms with E-state index in [1.165, 1.54) is 0 Å². The minimum absolute atomic E-state index is 0.0933. The molecular formula is C11H15N3O3. The summed E-state index contributed by atoms with van der Waals surface area (Å²) < 4.78 is 4.98. The number of benzene rings is 1. The first-order valence-corrected chi connectivity index (χ1v) is 5.05. The minimum Gasteiger partial charge on any atom is -0.497 e. The van der Waals surface area contributed by atoms with Gasteiger partial charge in [-0.25, -0.2) is 4.79 Å². The average molecular weight is 237 g/mol. The Morgan fingerprint density at radius 3 is 2.41 bits per heavy atom. The maximum atomic E-state index is 11.4. The van der Waals surface area contributed by atoms with Crippen molar-refractivity contribution in [2.75, 3.05) is 26.0 Å². The van der Waals surface area contributed by atoms with Crippen molar-refractivity contribution in [3.05, 3.63) is 24.3 Å². The number of urea groups is 1. The Bertz CT molecular complexity index is 389. The number of likely N-dealkylation sites (N-methyl/N-ethyl adjacent to an activating group) is 1. The number of ether oxygens (including phenoxy) is 1. The van der Waals surface area contributed by atoms with Gasteiger partial charge in [-0.3, -0.25) is 10.1 Å². The van der Waals surface area contributed by atoms with Gasteiger partial charge in [-0.1, -0.05) is 0 Å². The van der Waals surface area contributed by atoms with Gasteiger partial charge in [0.15, 0.2) is 0 Å². The van der Waals surface area contributed by atoms with Gasteiger partial charge in [0.25, 0.3) is 0 Å². The molecule has 0 heterocycles. The van der Waals surface area contributed by atoms with E-state index < -0.39 is 11.9 Å². The molecule has 17 heavy (non-hydrogen) atoms. The predicted molar refractivity (Wildman–Crippen MR) is 64.1 cm³/mol. The van der Waals surface area contributed by atoms with Crippen molar-refractivity contribution < 1.29 is 14.3 Å². The van der Waals surface area contributed by atoms with Crippen LogP contribution >= 0.6 is 0 Å². The Morgan fingerprint density at radius 1 is 1.24 bits per heavy atom. The van der Waals surface area contributed by atoms with Gasteiger partial charge in [0.05, 0.1) is 13.7 Å². The van der Waals surface area contributed by atoms with E-state index in [1.807, 2.05) is 0 Å². The first-order chi connectivity index (χ1) is 8.15. The van der Waals surface area contributed by atoms with Gasteiger partial charge in [-0.05, 0) is 31.3 Å². The number of hydrogen-bond donors (Lipinski definition) is 3. The monoisotopic (exact) mass is 237 g/mol. The smallest absolute Gasteiger partial charge is 0.325 e. The number of nitrogens with one attached hydrogen (secondary N) is 3. The zero-order valence-electron chi connectivity index (χ0n) is 9.74. The molecule has 0 fully saturated rings. The summed E-state index contributed by atoms with van der Waals surface area (Å²) in [5, 5.41) is 7.35. The van der Waals surface area contributed by atoms with Crippen LogP contribution in [0.3, 0.4) is 0 Å². The van der Waals surface area contributed by atoms with Crippen molar-refractivity contribution in [3.63, 3.8) is 0 Å². The number of methoxy groups -OCH3 is 1. The molecule has 0 aliphatic carbocycles. The number of imide groups is 1. The molecule has 1 aromatic carbocycles. The van der Waals surface area contributed by atoms with Crippen LogP contribution in [-0.2, 0) is 4.79 Å².